The number of aliphatic hydroxyl groups is 1. The van der Waals surface area contributed by atoms with Gasteiger partial charge in [0.05, 0.1) is 11.7 Å². The fourth-order valence-electron chi connectivity index (χ4n) is 3.38. The molecule has 2 fully saturated rings. The second-order valence-electron chi connectivity index (χ2n) is 8.14. The fraction of sp³-hybridized carbons (Fsp3) is 1.00. The van der Waals surface area contributed by atoms with E-state index in [1.165, 1.54) is 0 Å². The summed E-state index contributed by atoms with van der Waals surface area (Å²) in [6.45, 7) is 10.7. The maximum atomic E-state index is 10.7. The zero-order valence-electron chi connectivity index (χ0n) is 13.7. The van der Waals surface area contributed by atoms with E-state index in [0.29, 0.717) is 23.5 Å². The third kappa shape index (κ3) is 4.44. The summed E-state index contributed by atoms with van der Waals surface area (Å²) < 4.78 is 5.81. The number of rotatable bonds is 4. The van der Waals surface area contributed by atoms with Crippen molar-refractivity contribution in [2.45, 2.75) is 84.0 Å². The van der Waals surface area contributed by atoms with E-state index in [0.717, 1.165) is 51.7 Å². The smallest absolute Gasteiger partial charge is 0.0772 e. The van der Waals surface area contributed by atoms with Crippen LogP contribution in [0, 0.1) is 11.3 Å². The van der Waals surface area contributed by atoms with Crippen LogP contribution in [0.25, 0.3) is 0 Å². The van der Waals surface area contributed by atoms with E-state index < -0.39 is 5.60 Å². The van der Waals surface area contributed by atoms with Crippen LogP contribution in [0.15, 0.2) is 0 Å². The van der Waals surface area contributed by atoms with Crippen LogP contribution in [0.1, 0.15) is 66.2 Å². The van der Waals surface area contributed by atoms with Gasteiger partial charge in [-0.25, -0.2) is 0 Å². The van der Waals surface area contributed by atoms with Crippen LogP contribution >= 0.6 is 0 Å². The summed E-state index contributed by atoms with van der Waals surface area (Å²) in [6.07, 6.45) is 6.67. The monoisotopic (exact) mass is 283 g/mol. The molecule has 1 saturated heterocycles. The molecule has 3 heteroatoms. The third-order valence-corrected chi connectivity index (χ3v) is 5.31. The van der Waals surface area contributed by atoms with Crippen molar-refractivity contribution in [1.82, 2.24) is 5.32 Å². The highest BCUT2D eigenvalue weighted by Gasteiger charge is 2.37. The highest BCUT2D eigenvalue weighted by atomic mass is 16.5. The van der Waals surface area contributed by atoms with Gasteiger partial charge in [-0.05, 0) is 49.9 Å². The molecule has 0 amide bonds. The molecule has 1 saturated carbocycles. The Morgan fingerprint density at radius 2 is 1.85 bits per heavy atom. The van der Waals surface area contributed by atoms with Gasteiger partial charge in [0.25, 0.3) is 0 Å². The number of ether oxygens (including phenoxy) is 1. The molecule has 0 bridgehead atoms. The second-order valence-corrected chi connectivity index (χ2v) is 8.14. The molecule has 0 aromatic heterocycles. The summed E-state index contributed by atoms with van der Waals surface area (Å²) in [7, 11) is 0. The van der Waals surface area contributed by atoms with Crippen molar-refractivity contribution in [2.75, 3.05) is 13.2 Å². The molecule has 1 aliphatic heterocycles. The Bertz CT molecular complexity index is 304. The molecule has 2 aliphatic rings. The van der Waals surface area contributed by atoms with Crippen molar-refractivity contribution in [3.8, 4) is 0 Å². The van der Waals surface area contributed by atoms with E-state index in [9.17, 15) is 5.11 Å². The average Bonchev–Trinajstić information content (AvgIpc) is 2.41. The Morgan fingerprint density at radius 3 is 2.45 bits per heavy atom. The minimum Gasteiger partial charge on any atom is -0.389 e. The van der Waals surface area contributed by atoms with Gasteiger partial charge >= 0.3 is 0 Å². The van der Waals surface area contributed by atoms with Gasteiger partial charge < -0.3 is 15.2 Å². The molecule has 0 spiro atoms. The molecule has 1 heterocycles. The van der Waals surface area contributed by atoms with Crippen LogP contribution < -0.4 is 5.32 Å². The predicted molar refractivity (Wildman–Crippen MR) is 82.8 cm³/mol. The molecular formula is C17H33NO2. The lowest BCUT2D eigenvalue weighted by molar-refractivity contribution is -0.0442. The third-order valence-electron chi connectivity index (χ3n) is 5.31. The molecule has 1 aliphatic carbocycles. The van der Waals surface area contributed by atoms with Gasteiger partial charge in [0.1, 0.15) is 0 Å². The summed E-state index contributed by atoms with van der Waals surface area (Å²) in [5.74, 6) is 0.582. The van der Waals surface area contributed by atoms with E-state index in [-0.39, 0.29) is 0 Å². The number of hydrogen-bond donors (Lipinski definition) is 2. The van der Waals surface area contributed by atoms with Gasteiger partial charge in [-0.3, -0.25) is 0 Å². The summed E-state index contributed by atoms with van der Waals surface area (Å²) >= 11 is 0. The summed E-state index contributed by atoms with van der Waals surface area (Å²) in [5.41, 5.74) is -0.0746. The Morgan fingerprint density at radius 1 is 1.20 bits per heavy atom. The maximum Gasteiger partial charge on any atom is 0.0772 e. The Balaban J connectivity index is 1.77. The average molecular weight is 283 g/mol. The lowest BCUT2D eigenvalue weighted by Gasteiger charge is -2.41. The highest BCUT2D eigenvalue weighted by Crippen LogP contribution is 2.40. The molecule has 118 valence electrons. The first-order valence-corrected chi connectivity index (χ1v) is 8.37. The molecule has 2 rings (SSSR count). The van der Waals surface area contributed by atoms with Crippen LogP contribution in [-0.4, -0.2) is 36.0 Å². The molecule has 2 atom stereocenters. The molecule has 2 unspecified atom stereocenters. The van der Waals surface area contributed by atoms with Crippen LogP contribution in [-0.2, 0) is 4.74 Å². The highest BCUT2D eigenvalue weighted by molar-refractivity contribution is 4.92. The van der Waals surface area contributed by atoms with Gasteiger partial charge in [-0.1, -0.05) is 27.7 Å². The van der Waals surface area contributed by atoms with Crippen molar-refractivity contribution in [3.05, 3.63) is 0 Å². The largest absolute Gasteiger partial charge is 0.389 e. The van der Waals surface area contributed by atoms with E-state index >= 15 is 0 Å². The molecule has 0 radical (unpaired) electrons. The van der Waals surface area contributed by atoms with Crippen LogP contribution in [0.2, 0.25) is 0 Å². The van der Waals surface area contributed by atoms with Gasteiger partial charge in [0, 0.05) is 19.2 Å². The van der Waals surface area contributed by atoms with Crippen LogP contribution in [0.3, 0.4) is 0 Å². The Hall–Kier alpha value is -0.120. The second kappa shape index (κ2) is 6.33. The topological polar surface area (TPSA) is 41.5 Å². The first-order valence-electron chi connectivity index (χ1n) is 8.37. The summed E-state index contributed by atoms with van der Waals surface area (Å²) in [6, 6.07) is 0.509. The van der Waals surface area contributed by atoms with Crippen molar-refractivity contribution in [2.24, 2.45) is 11.3 Å². The molecular weight excluding hydrogens is 250 g/mol. The van der Waals surface area contributed by atoms with E-state index in [1.807, 2.05) is 0 Å². The number of nitrogens with one attached hydrogen (secondary N) is 1. The predicted octanol–water partition coefficient (Wildman–Crippen LogP) is 3.11. The molecule has 20 heavy (non-hydrogen) atoms. The molecule has 3 nitrogen and oxygen atoms in total. The fourth-order valence-corrected chi connectivity index (χ4v) is 3.38. The van der Waals surface area contributed by atoms with Crippen molar-refractivity contribution in [3.63, 3.8) is 0 Å². The normalized spacial score (nSPS) is 33.3. The summed E-state index contributed by atoms with van der Waals surface area (Å²) in [4.78, 5) is 0. The van der Waals surface area contributed by atoms with Crippen molar-refractivity contribution >= 4 is 0 Å². The Kier molecular flexibility index (Phi) is 5.14. The Labute approximate surface area is 124 Å². The minimum atomic E-state index is -0.485. The van der Waals surface area contributed by atoms with E-state index in [4.69, 9.17) is 4.74 Å². The first kappa shape index (κ1) is 16.3. The van der Waals surface area contributed by atoms with Gasteiger partial charge in [-0.2, -0.15) is 0 Å². The molecule has 0 aromatic carbocycles. The molecule has 0 aromatic rings. The van der Waals surface area contributed by atoms with Crippen molar-refractivity contribution < 1.29 is 9.84 Å². The maximum absolute atomic E-state index is 10.7. The lowest BCUT2D eigenvalue weighted by Crippen LogP contribution is -2.50. The minimum absolute atomic E-state index is 0.376. The summed E-state index contributed by atoms with van der Waals surface area (Å²) in [5, 5.41) is 14.3. The van der Waals surface area contributed by atoms with Crippen molar-refractivity contribution in [1.29, 1.82) is 0 Å². The zero-order valence-corrected chi connectivity index (χ0v) is 13.7. The SMILES string of the molecule is CC(C)C1CC(NCC2(O)CCC(C)(C)CC2)CCO1. The van der Waals surface area contributed by atoms with Gasteiger partial charge in [0.2, 0.25) is 0 Å². The number of hydrogen-bond acceptors (Lipinski definition) is 3. The lowest BCUT2D eigenvalue weighted by atomic mass is 9.71. The zero-order chi connectivity index (χ0) is 14.8. The molecule has 2 N–H and O–H groups in total. The van der Waals surface area contributed by atoms with E-state index in [2.05, 4.69) is 33.0 Å². The van der Waals surface area contributed by atoms with Gasteiger partial charge in [0.15, 0.2) is 0 Å². The first-order chi connectivity index (χ1) is 9.30. The van der Waals surface area contributed by atoms with Crippen LogP contribution in [0.5, 0.6) is 0 Å². The quantitative estimate of drug-likeness (QED) is 0.833. The standard InChI is InChI=1S/C17H33NO2/c1-13(2)15-11-14(5-10-20-15)18-12-17(19)8-6-16(3,4)7-9-17/h13-15,18-19H,5-12H2,1-4H3. The van der Waals surface area contributed by atoms with Gasteiger partial charge in [-0.15, -0.1) is 0 Å². The van der Waals surface area contributed by atoms with Crippen LogP contribution in [0.4, 0.5) is 0 Å². The van der Waals surface area contributed by atoms with E-state index in [1.54, 1.807) is 0 Å².